The molecule has 0 unspecified atom stereocenters. The first kappa shape index (κ1) is 23.3. The van der Waals surface area contributed by atoms with E-state index in [1.54, 1.807) is 0 Å². The molecule has 0 atom stereocenters. The van der Waals surface area contributed by atoms with Crippen LogP contribution in [0.25, 0.3) is 0 Å². The first-order valence-corrected chi connectivity index (χ1v) is 11.5. The van der Waals surface area contributed by atoms with Gasteiger partial charge in [-0.3, -0.25) is 9.98 Å². The Morgan fingerprint density at radius 2 is 0.812 bits per heavy atom. The minimum Gasteiger partial charge on any atom is -0.372 e. The van der Waals surface area contributed by atoms with E-state index in [0.717, 1.165) is 48.7 Å². The van der Waals surface area contributed by atoms with Gasteiger partial charge in [0.1, 0.15) is 0 Å². The summed E-state index contributed by atoms with van der Waals surface area (Å²) in [6.07, 6.45) is 3.80. The number of aliphatic imine (C=N–C) groups is 2. The second-order valence-corrected chi connectivity index (χ2v) is 7.56. The third-order valence-electron chi connectivity index (χ3n) is 5.62. The van der Waals surface area contributed by atoms with E-state index in [1.165, 1.54) is 11.4 Å². The normalized spacial score (nSPS) is 11.4. The topological polar surface area (TPSA) is 31.2 Å². The van der Waals surface area contributed by atoms with Crippen LogP contribution >= 0.6 is 0 Å². The molecule has 3 aromatic rings. The van der Waals surface area contributed by atoms with Gasteiger partial charge in [0.25, 0.3) is 0 Å². The van der Waals surface area contributed by atoms with E-state index in [4.69, 9.17) is 0 Å². The summed E-state index contributed by atoms with van der Waals surface area (Å²) >= 11 is 0. The van der Waals surface area contributed by atoms with Crippen molar-refractivity contribution in [2.45, 2.75) is 27.7 Å². The van der Waals surface area contributed by atoms with Crippen molar-refractivity contribution in [3.8, 4) is 0 Å². The van der Waals surface area contributed by atoms with E-state index in [2.05, 4.69) is 120 Å². The molecule has 0 saturated heterocycles. The van der Waals surface area contributed by atoms with E-state index in [1.807, 2.05) is 12.4 Å². The van der Waals surface area contributed by atoms with Crippen molar-refractivity contribution >= 4 is 35.2 Å². The molecule has 0 heterocycles. The minimum absolute atomic E-state index is 0.958. The lowest BCUT2D eigenvalue weighted by atomic mass is 10.1. The van der Waals surface area contributed by atoms with Crippen LogP contribution in [0.3, 0.4) is 0 Å². The van der Waals surface area contributed by atoms with Crippen LogP contribution in [0.15, 0.2) is 82.8 Å². The molecule has 0 aliphatic carbocycles. The van der Waals surface area contributed by atoms with Crippen molar-refractivity contribution in [1.82, 2.24) is 0 Å². The first-order valence-electron chi connectivity index (χ1n) is 11.5. The molecule has 3 rings (SSSR count). The van der Waals surface area contributed by atoms with Gasteiger partial charge in [0.2, 0.25) is 0 Å². The zero-order valence-electron chi connectivity index (χ0n) is 19.7. The number of anilines is 2. The van der Waals surface area contributed by atoms with Gasteiger partial charge >= 0.3 is 0 Å². The van der Waals surface area contributed by atoms with Gasteiger partial charge in [-0.1, -0.05) is 24.3 Å². The fourth-order valence-corrected chi connectivity index (χ4v) is 3.64. The molecule has 0 aliphatic rings. The molecule has 0 N–H and O–H groups in total. The van der Waals surface area contributed by atoms with Gasteiger partial charge in [0.05, 0.1) is 11.4 Å². The van der Waals surface area contributed by atoms with Gasteiger partial charge < -0.3 is 9.80 Å². The van der Waals surface area contributed by atoms with Crippen molar-refractivity contribution in [3.63, 3.8) is 0 Å². The number of hydrogen-bond donors (Lipinski definition) is 0. The molecule has 0 spiro atoms. The van der Waals surface area contributed by atoms with E-state index in [0.29, 0.717) is 0 Å². The number of hydrogen-bond acceptors (Lipinski definition) is 4. The summed E-state index contributed by atoms with van der Waals surface area (Å²) in [5, 5.41) is 0. The van der Waals surface area contributed by atoms with Crippen molar-refractivity contribution in [2.75, 3.05) is 36.0 Å². The highest BCUT2D eigenvalue weighted by Gasteiger charge is 2.01. The average Bonchev–Trinajstić information content (AvgIpc) is 2.85. The van der Waals surface area contributed by atoms with Crippen molar-refractivity contribution in [1.29, 1.82) is 0 Å². The highest BCUT2D eigenvalue weighted by atomic mass is 15.1. The Bertz CT molecular complexity index is 910. The third-order valence-corrected chi connectivity index (χ3v) is 5.62. The molecule has 0 bridgehead atoms. The SMILES string of the molecule is CCN(CC)c1ccc(N=Cc2ccc(C=Nc3ccc(N(CC)CC)cc3)cc2)cc1. The van der Waals surface area contributed by atoms with Gasteiger partial charge in [-0.2, -0.15) is 0 Å². The Kier molecular flexibility index (Phi) is 8.61. The van der Waals surface area contributed by atoms with Gasteiger partial charge in [0, 0.05) is 50.0 Å². The molecule has 0 radical (unpaired) electrons. The number of benzene rings is 3. The molecule has 0 aliphatic heterocycles. The second-order valence-electron chi connectivity index (χ2n) is 7.56. The lowest BCUT2D eigenvalue weighted by Gasteiger charge is -2.20. The van der Waals surface area contributed by atoms with E-state index in [9.17, 15) is 0 Å². The maximum atomic E-state index is 4.61. The molecule has 0 saturated carbocycles. The van der Waals surface area contributed by atoms with Crippen LogP contribution < -0.4 is 9.80 Å². The van der Waals surface area contributed by atoms with E-state index >= 15 is 0 Å². The fourth-order valence-electron chi connectivity index (χ4n) is 3.64. The van der Waals surface area contributed by atoms with Crippen LogP contribution in [0.5, 0.6) is 0 Å². The summed E-state index contributed by atoms with van der Waals surface area (Å²) in [5.74, 6) is 0. The molecule has 0 aromatic heterocycles. The van der Waals surface area contributed by atoms with Gasteiger partial charge in [-0.25, -0.2) is 0 Å². The summed E-state index contributed by atoms with van der Waals surface area (Å²) in [6, 6.07) is 25.1. The molecule has 0 amide bonds. The Balaban J connectivity index is 1.60. The first-order chi connectivity index (χ1) is 15.7. The monoisotopic (exact) mass is 426 g/mol. The van der Waals surface area contributed by atoms with Gasteiger partial charge in [-0.15, -0.1) is 0 Å². The van der Waals surface area contributed by atoms with Crippen LogP contribution in [0.2, 0.25) is 0 Å². The second kappa shape index (κ2) is 11.8. The van der Waals surface area contributed by atoms with Crippen LogP contribution in [-0.4, -0.2) is 38.6 Å². The van der Waals surface area contributed by atoms with Crippen molar-refractivity contribution < 1.29 is 0 Å². The summed E-state index contributed by atoms with van der Waals surface area (Å²) in [4.78, 5) is 13.9. The fraction of sp³-hybridized carbons (Fsp3) is 0.286. The zero-order valence-corrected chi connectivity index (χ0v) is 19.7. The van der Waals surface area contributed by atoms with Crippen LogP contribution in [0.4, 0.5) is 22.7 Å². The predicted molar refractivity (Wildman–Crippen MR) is 141 cm³/mol. The Morgan fingerprint density at radius 1 is 0.500 bits per heavy atom. The summed E-state index contributed by atoms with van der Waals surface area (Å²) in [5.41, 5.74) is 6.53. The van der Waals surface area contributed by atoms with Crippen LogP contribution in [0.1, 0.15) is 38.8 Å². The Morgan fingerprint density at radius 3 is 1.09 bits per heavy atom. The summed E-state index contributed by atoms with van der Waals surface area (Å²) < 4.78 is 0. The molecule has 3 aromatic carbocycles. The van der Waals surface area contributed by atoms with Gasteiger partial charge in [-0.05, 0) is 87.4 Å². The van der Waals surface area contributed by atoms with Crippen LogP contribution in [-0.2, 0) is 0 Å². The Labute approximate surface area is 193 Å². The molecule has 0 fully saturated rings. The van der Waals surface area contributed by atoms with E-state index < -0.39 is 0 Å². The minimum atomic E-state index is 0.958. The highest BCUT2D eigenvalue weighted by Crippen LogP contribution is 2.21. The van der Waals surface area contributed by atoms with E-state index in [-0.39, 0.29) is 0 Å². The van der Waals surface area contributed by atoms with Crippen molar-refractivity contribution in [2.24, 2.45) is 9.98 Å². The Hall–Kier alpha value is -3.40. The summed E-state index contributed by atoms with van der Waals surface area (Å²) in [6.45, 7) is 12.7. The molecule has 166 valence electrons. The average molecular weight is 427 g/mol. The molecule has 4 heteroatoms. The molecular weight excluding hydrogens is 392 g/mol. The molecule has 4 nitrogen and oxygen atoms in total. The maximum Gasteiger partial charge on any atom is 0.0631 e. The lowest BCUT2D eigenvalue weighted by Crippen LogP contribution is -2.21. The van der Waals surface area contributed by atoms with Crippen molar-refractivity contribution in [3.05, 3.63) is 83.9 Å². The lowest BCUT2D eigenvalue weighted by molar-refractivity contribution is 0.866. The smallest absolute Gasteiger partial charge is 0.0631 e. The third kappa shape index (κ3) is 6.30. The highest BCUT2D eigenvalue weighted by molar-refractivity contribution is 5.86. The molecule has 32 heavy (non-hydrogen) atoms. The zero-order chi connectivity index (χ0) is 22.8. The van der Waals surface area contributed by atoms with Crippen LogP contribution in [0, 0.1) is 0 Å². The summed E-state index contributed by atoms with van der Waals surface area (Å²) in [7, 11) is 0. The standard InChI is InChI=1S/C28H34N4/c1-5-31(6-2)27-17-13-25(14-18-27)29-21-23-9-11-24(12-10-23)22-30-26-15-19-28(20-16-26)32(7-3)8-4/h9-22H,5-8H2,1-4H3. The largest absolute Gasteiger partial charge is 0.372 e. The molecular formula is C28H34N4. The van der Waals surface area contributed by atoms with Gasteiger partial charge in [0.15, 0.2) is 0 Å². The maximum absolute atomic E-state index is 4.61. The number of nitrogens with zero attached hydrogens (tertiary/aromatic N) is 4. The number of rotatable bonds is 10. The predicted octanol–water partition coefficient (Wildman–Crippen LogP) is 6.88. The quantitative estimate of drug-likeness (QED) is 0.331.